The van der Waals surface area contributed by atoms with Crippen molar-refractivity contribution in [2.75, 3.05) is 6.61 Å². The van der Waals surface area contributed by atoms with E-state index in [0.717, 1.165) is 17.4 Å². The molecular weight excluding hydrogens is 236 g/mol. The zero-order chi connectivity index (χ0) is 12.7. The van der Waals surface area contributed by atoms with Crippen LogP contribution in [0.1, 0.15) is 12.5 Å². The van der Waals surface area contributed by atoms with Crippen molar-refractivity contribution in [2.45, 2.75) is 13.3 Å². The molecule has 1 aliphatic heterocycles. The van der Waals surface area contributed by atoms with E-state index in [1.54, 1.807) is 6.07 Å². The first-order valence-electron chi connectivity index (χ1n) is 5.56. The first-order valence-corrected chi connectivity index (χ1v) is 5.56. The number of carbonyl (C=O) groups is 1. The molecule has 0 unspecified atom stereocenters. The van der Waals surface area contributed by atoms with E-state index < -0.39 is 11.6 Å². The Morgan fingerprint density at radius 1 is 1.39 bits per heavy atom. The summed E-state index contributed by atoms with van der Waals surface area (Å²) in [5, 5.41) is 0.718. The smallest absolute Gasteiger partial charge is 0.336 e. The molecule has 2 heterocycles. The Hall–Kier alpha value is -2.30. The molecule has 3 rings (SSSR count). The standard InChI is InChI=1S/C13H10O5/c1-7(14)17-13-11-9(4-5-16-11)6-8-2-3-10(15)18-12(8)13/h2-3,6H,4-5H2,1H3. The number of fused-ring (bicyclic) bond motifs is 2. The SMILES string of the molecule is CC(=O)Oc1c2c(cc3ccc(=O)oc13)CCO2. The van der Waals surface area contributed by atoms with Crippen LogP contribution in [-0.2, 0) is 11.2 Å². The Morgan fingerprint density at radius 3 is 3.00 bits per heavy atom. The van der Waals surface area contributed by atoms with Gasteiger partial charge in [-0.25, -0.2) is 4.79 Å². The molecule has 0 radical (unpaired) electrons. The number of benzene rings is 1. The van der Waals surface area contributed by atoms with Gasteiger partial charge in [0.1, 0.15) is 0 Å². The fourth-order valence-corrected chi connectivity index (χ4v) is 2.06. The highest BCUT2D eigenvalue weighted by molar-refractivity contribution is 5.89. The molecule has 1 aromatic carbocycles. The minimum Gasteiger partial charge on any atom is -0.489 e. The summed E-state index contributed by atoms with van der Waals surface area (Å²) in [7, 11) is 0. The van der Waals surface area contributed by atoms with Crippen LogP contribution in [0, 0.1) is 0 Å². The molecule has 18 heavy (non-hydrogen) atoms. The van der Waals surface area contributed by atoms with E-state index in [4.69, 9.17) is 13.9 Å². The fourth-order valence-electron chi connectivity index (χ4n) is 2.06. The summed E-state index contributed by atoms with van der Waals surface area (Å²) in [6.45, 7) is 1.82. The molecule has 1 aromatic heterocycles. The molecule has 0 amide bonds. The molecule has 92 valence electrons. The van der Waals surface area contributed by atoms with E-state index >= 15 is 0 Å². The zero-order valence-corrected chi connectivity index (χ0v) is 9.69. The van der Waals surface area contributed by atoms with Gasteiger partial charge in [0.25, 0.3) is 0 Å². The topological polar surface area (TPSA) is 65.7 Å². The highest BCUT2D eigenvalue weighted by Gasteiger charge is 2.23. The third-order valence-electron chi connectivity index (χ3n) is 2.76. The highest BCUT2D eigenvalue weighted by Crippen LogP contribution is 2.41. The Kier molecular flexibility index (Phi) is 2.33. The quantitative estimate of drug-likeness (QED) is 0.435. The van der Waals surface area contributed by atoms with Crippen LogP contribution in [0.3, 0.4) is 0 Å². The molecule has 1 aliphatic rings. The average molecular weight is 246 g/mol. The van der Waals surface area contributed by atoms with E-state index in [1.165, 1.54) is 13.0 Å². The number of hydrogen-bond acceptors (Lipinski definition) is 5. The Morgan fingerprint density at radius 2 is 2.22 bits per heavy atom. The van der Waals surface area contributed by atoms with E-state index in [1.807, 2.05) is 6.07 Å². The largest absolute Gasteiger partial charge is 0.489 e. The summed E-state index contributed by atoms with van der Waals surface area (Å²) < 4.78 is 15.7. The second-order valence-corrected chi connectivity index (χ2v) is 4.06. The lowest BCUT2D eigenvalue weighted by atomic mass is 10.1. The first kappa shape index (κ1) is 10.8. The molecule has 0 bridgehead atoms. The van der Waals surface area contributed by atoms with Crippen molar-refractivity contribution in [2.24, 2.45) is 0 Å². The van der Waals surface area contributed by atoms with Gasteiger partial charge < -0.3 is 13.9 Å². The molecule has 0 spiro atoms. The molecule has 0 N–H and O–H groups in total. The molecule has 5 nitrogen and oxygen atoms in total. The van der Waals surface area contributed by atoms with Gasteiger partial charge in [-0.2, -0.15) is 0 Å². The molecule has 0 saturated heterocycles. The Labute approximate surface area is 102 Å². The maximum absolute atomic E-state index is 11.3. The molecule has 2 aromatic rings. The third-order valence-corrected chi connectivity index (χ3v) is 2.76. The van der Waals surface area contributed by atoms with Gasteiger partial charge in [-0.1, -0.05) is 0 Å². The normalized spacial score (nSPS) is 13.2. The van der Waals surface area contributed by atoms with Crippen molar-refractivity contribution < 1.29 is 18.7 Å². The van der Waals surface area contributed by atoms with E-state index in [9.17, 15) is 9.59 Å². The second-order valence-electron chi connectivity index (χ2n) is 4.06. The summed E-state index contributed by atoms with van der Waals surface area (Å²) in [5.74, 6) is 0.212. The Balaban J connectivity index is 2.36. The number of esters is 1. The van der Waals surface area contributed by atoms with Crippen molar-refractivity contribution >= 4 is 16.9 Å². The molecule has 0 fully saturated rings. The minimum absolute atomic E-state index is 0.199. The van der Waals surface area contributed by atoms with E-state index in [-0.39, 0.29) is 11.3 Å². The molecule has 0 atom stereocenters. The highest BCUT2D eigenvalue weighted by atomic mass is 16.6. The summed E-state index contributed by atoms with van der Waals surface area (Å²) in [6, 6.07) is 4.86. The predicted molar refractivity (Wildman–Crippen MR) is 63.0 cm³/mol. The minimum atomic E-state index is -0.492. The molecular formula is C13H10O5. The van der Waals surface area contributed by atoms with Gasteiger partial charge in [-0.3, -0.25) is 4.79 Å². The summed E-state index contributed by atoms with van der Waals surface area (Å²) in [6.07, 6.45) is 0.749. The van der Waals surface area contributed by atoms with Crippen molar-refractivity contribution in [3.05, 3.63) is 34.2 Å². The van der Waals surface area contributed by atoms with Crippen molar-refractivity contribution in [3.8, 4) is 11.5 Å². The number of hydrogen-bond donors (Lipinski definition) is 0. The van der Waals surface area contributed by atoms with Crippen molar-refractivity contribution in [1.29, 1.82) is 0 Å². The van der Waals surface area contributed by atoms with Gasteiger partial charge in [0.15, 0.2) is 11.3 Å². The van der Waals surface area contributed by atoms with Crippen LogP contribution in [0.4, 0.5) is 0 Å². The van der Waals surface area contributed by atoms with Gasteiger partial charge in [0.2, 0.25) is 5.75 Å². The maximum atomic E-state index is 11.3. The van der Waals surface area contributed by atoms with Crippen LogP contribution >= 0.6 is 0 Å². The van der Waals surface area contributed by atoms with Crippen LogP contribution in [0.2, 0.25) is 0 Å². The summed E-state index contributed by atoms with van der Waals surface area (Å²) >= 11 is 0. The predicted octanol–water partition coefficient (Wildman–Crippen LogP) is 1.65. The molecule has 0 aliphatic carbocycles. The van der Waals surface area contributed by atoms with Crippen LogP contribution in [0.15, 0.2) is 27.4 Å². The lowest BCUT2D eigenvalue weighted by molar-refractivity contribution is -0.131. The van der Waals surface area contributed by atoms with E-state index in [2.05, 4.69) is 0 Å². The summed E-state index contributed by atoms with van der Waals surface area (Å²) in [4.78, 5) is 22.4. The van der Waals surface area contributed by atoms with Gasteiger partial charge >= 0.3 is 11.6 Å². The van der Waals surface area contributed by atoms with Crippen molar-refractivity contribution in [3.63, 3.8) is 0 Å². The lowest BCUT2D eigenvalue weighted by Gasteiger charge is -2.09. The lowest BCUT2D eigenvalue weighted by Crippen LogP contribution is -2.05. The zero-order valence-electron chi connectivity index (χ0n) is 9.69. The van der Waals surface area contributed by atoms with Crippen LogP contribution in [0.25, 0.3) is 11.0 Å². The monoisotopic (exact) mass is 246 g/mol. The van der Waals surface area contributed by atoms with Gasteiger partial charge in [0, 0.05) is 30.4 Å². The first-order chi connectivity index (χ1) is 8.65. The average Bonchev–Trinajstić information content (AvgIpc) is 2.77. The summed E-state index contributed by atoms with van der Waals surface area (Å²) in [5.41, 5.74) is 0.708. The van der Waals surface area contributed by atoms with Gasteiger partial charge in [-0.05, 0) is 12.1 Å². The van der Waals surface area contributed by atoms with Crippen LogP contribution < -0.4 is 15.1 Å². The maximum Gasteiger partial charge on any atom is 0.336 e. The second kappa shape index (κ2) is 3.87. The molecule has 5 heteroatoms. The number of carbonyl (C=O) groups excluding carboxylic acids is 1. The van der Waals surface area contributed by atoms with Gasteiger partial charge in [0.05, 0.1) is 6.61 Å². The number of rotatable bonds is 1. The fraction of sp³-hybridized carbons (Fsp3) is 0.231. The third kappa shape index (κ3) is 1.64. The Bertz CT molecular complexity index is 698. The van der Waals surface area contributed by atoms with Gasteiger partial charge in [-0.15, -0.1) is 0 Å². The van der Waals surface area contributed by atoms with Crippen molar-refractivity contribution in [1.82, 2.24) is 0 Å². The van der Waals surface area contributed by atoms with Crippen LogP contribution in [-0.4, -0.2) is 12.6 Å². The number of ether oxygens (including phenoxy) is 2. The van der Waals surface area contributed by atoms with E-state index in [0.29, 0.717) is 12.4 Å². The molecule has 0 saturated carbocycles. The van der Waals surface area contributed by atoms with Crippen LogP contribution in [0.5, 0.6) is 11.5 Å².